The first-order valence-corrected chi connectivity index (χ1v) is 12.8. The summed E-state index contributed by atoms with van der Waals surface area (Å²) in [4.78, 5) is 38.2. The van der Waals surface area contributed by atoms with Crippen LogP contribution in [-0.2, 0) is 26.2 Å². The molecule has 0 radical (unpaired) electrons. The molecule has 0 aliphatic rings. The van der Waals surface area contributed by atoms with Crippen molar-refractivity contribution in [2.24, 2.45) is 0 Å². The molecule has 2 aromatic rings. The van der Waals surface area contributed by atoms with Gasteiger partial charge in [-0.25, -0.2) is 8.42 Å². The number of benzene rings is 2. The van der Waals surface area contributed by atoms with Crippen LogP contribution in [0.4, 0.5) is 11.4 Å². The molecule has 190 valence electrons. The highest BCUT2D eigenvalue weighted by atomic mass is 32.2. The van der Waals surface area contributed by atoms with Crippen LogP contribution in [0.5, 0.6) is 5.75 Å². The second-order valence-corrected chi connectivity index (χ2v) is 9.65. The minimum atomic E-state index is -3.99. The zero-order valence-corrected chi connectivity index (χ0v) is 20.9. The quantitative estimate of drug-likeness (QED) is 0.344. The first-order valence-electron chi connectivity index (χ1n) is 10.9. The highest BCUT2D eigenvalue weighted by Gasteiger charge is 2.32. The summed E-state index contributed by atoms with van der Waals surface area (Å²) in [5.74, 6) is -0.439. The lowest BCUT2D eigenvalue weighted by Crippen LogP contribution is -2.52. The summed E-state index contributed by atoms with van der Waals surface area (Å²) in [6.45, 7) is 3.25. The fraction of sp³-hybridized carbons (Fsp3) is 0.391. The Labute approximate surface area is 204 Å². The van der Waals surface area contributed by atoms with Gasteiger partial charge in [-0.3, -0.25) is 24.0 Å². The van der Waals surface area contributed by atoms with Gasteiger partial charge in [-0.2, -0.15) is 0 Å². The normalized spacial score (nSPS) is 11.9. The van der Waals surface area contributed by atoms with Crippen LogP contribution in [-0.4, -0.2) is 62.6 Å². The largest absolute Gasteiger partial charge is 0.497 e. The van der Waals surface area contributed by atoms with Crippen molar-refractivity contribution in [3.05, 3.63) is 64.2 Å². The van der Waals surface area contributed by atoms with E-state index in [0.29, 0.717) is 17.9 Å². The molecule has 0 spiro atoms. The Kier molecular flexibility index (Phi) is 9.58. The summed E-state index contributed by atoms with van der Waals surface area (Å²) in [5, 5.41) is 13.9. The van der Waals surface area contributed by atoms with Crippen molar-refractivity contribution in [3.8, 4) is 5.75 Å². The number of amides is 2. The number of methoxy groups -OCH3 is 1. The Morgan fingerprint density at radius 2 is 1.83 bits per heavy atom. The summed E-state index contributed by atoms with van der Waals surface area (Å²) in [6, 6.07) is 11.1. The van der Waals surface area contributed by atoms with E-state index >= 15 is 0 Å². The number of anilines is 1. The second kappa shape index (κ2) is 12.2. The zero-order chi connectivity index (χ0) is 26.2. The Balaban J connectivity index is 2.48. The van der Waals surface area contributed by atoms with E-state index in [1.807, 2.05) is 0 Å². The van der Waals surface area contributed by atoms with Gasteiger partial charge in [-0.15, -0.1) is 0 Å². The van der Waals surface area contributed by atoms with Crippen molar-refractivity contribution in [3.63, 3.8) is 0 Å². The number of rotatable bonds is 12. The van der Waals surface area contributed by atoms with Gasteiger partial charge in [0.15, 0.2) is 0 Å². The molecule has 0 aliphatic heterocycles. The van der Waals surface area contributed by atoms with Crippen LogP contribution in [0.1, 0.15) is 25.8 Å². The molecule has 35 heavy (non-hydrogen) atoms. The van der Waals surface area contributed by atoms with E-state index in [4.69, 9.17) is 4.74 Å². The van der Waals surface area contributed by atoms with Gasteiger partial charge >= 0.3 is 0 Å². The molecule has 2 amide bonds. The number of carbonyl (C=O) groups excluding carboxylic acids is 2. The number of nitrogens with one attached hydrogen (secondary N) is 1. The molecule has 1 N–H and O–H groups in total. The van der Waals surface area contributed by atoms with E-state index in [-0.39, 0.29) is 30.2 Å². The van der Waals surface area contributed by atoms with E-state index in [1.165, 1.54) is 30.2 Å². The Hall–Kier alpha value is -3.67. The lowest BCUT2D eigenvalue weighted by atomic mass is 10.1. The highest BCUT2D eigenvalue weighted by Crippen LogP contribution is 2.24. The van der Waals surface area contributed by atoms with Crippen LogP contribution in [0, 0.1) is 10.1 Å². The molecule has 2 rings (SSSR count). The fourth-order valence-electron chi connectivity index (χ4n) is 3.55. The van der Waals surface area contributed by atoms with E-state index in [0.717, 1.165) is 16.6 Å². The lowest BCUT2D eigenvalue weighted by molar-refractivity contribution is -0.384. The molecule has 12 heteroatoms. The van der Waals surface area contributed by atoms with Crippen molar-refractivity contribution >= 4 is 33.2 Å². The van der Waals surface area contributed by atoms with Crippen molar-refractivity contribution in [2.45, 2.75) is 32.9 Å². The maximum atomic E-state index is 13.5. The van der Waals surface area contributed by atoms with Gasteiger partial charge in [-0.1, -0.05) is 25.1 Å². The molecule has 2 aromatic carbocycles. The minimum absolute atomic E-state index is 0.0255. The average Bonchev–Trinajstić information content (AvgIpc) is 2.81. The number of nitro benzene ring substituents is 1. The van der Waals surface area contributed by atoms with Crippen molar-refractivity contribution < 1.29 is 27.7 Å². The van der Waals surface area contributed by atoms with E-state index in [1.54, 1.807) is 38.1 Å². The first kappa shape index (κ1) is 27.6. The third-order valence-electron chi connectivity index (χ3n) is 5.23. The van der Waals surface area contributed by atoms with Gasteiger partial charge in [0.05, 0.1) is 24.0 Å². The molecular formula is C23H30N4O7S. The summed E-state index contributed by atoms with van der Waals surface area (Å²) < 4.78 is 31.2. The standard InChI is InChI=1S/C23H30N4O7S/c1-5-21(23(29)24-6-2)25(15-17-9-7-12-20(13-17)34-3)22(28)16-26(35(4,32)33)18-10-8-11-19(14-18)27(30)31/h7-14,21H,5-6,15-16H2,1-4H3,(H,24,29)/t21-/m1/s1. The van der Waals surface area contributed by atoms with E-state index in [2.05, 4.69) is 5.32 Å². The highest BCUT2D eigenvalue weighted by molar-refractivity contribution is 7.92. The molecule has 11 nitrogen and oxygen atoms in total. The maximum Gasteiger partial charge on any atom is 0.271 e. The summed E-state index contributed by atoms with van der Waals surface area (Å²) in [6.07, 6.45) is 1.20. The number of nitrogens with zero attached hydrogens (tertiary/aromatic N) is 3. The zero-order valence-electron chi connectivity index (χ0n) is 20.1. The van der Waals surface area contributed by atoms with Crippen LogP contribution >= 0.6 is 0 Å². The van der Waals surface area contributed by atoms with Crippen LogP contribution in [0.15, 0.2) is 48.5 Å². The lowest BCUT2D eigenvalue weighted by Gasteiger charge is -2.32. The van der Waals surface area contributed by atoms with Gasteiger partial charge in [0.2, 0.25) is 21.8 Å². The summed E-state index contributed by atoms with van der Waals surface area (Å²) in [7, 11) is -2.48. The molecule has 1 atom stereocenters. The van der Waals surface area contributed by atoms with Crippen LogP contribution < -0.4 is 14.4 Å². The van der Waals surface area contributed by atoms with Crippen molar-refractivity contribution in [1.29, 1.82) is 0 Å². The van der Waals surface area contributed by atoms with Gasteiger partial charge in [0, 0.05) is 25.2 Å². The molecule has 0 saturated heterocycles. The fourth-order valence-corrected chi connectivity index (χ4v) is 4.40. The van der Waals surface area contributed by atoms with E-state index < -0.39 is 33.4 Å². The van der Waals surface area contributed by atoms with Gasteiger partial charge in [-0.05, 0) is 37.1 Å². The number of nitro groups is 1. The molecular weight excluding hydrogens is 476 g/mol. The van der Waals surface area contributed by atoms with Crippen molar-refractivity contribution in [1.82, 2.24) is 10.2 Å². The summed E-state index contributed by atoms with van der Waals surface area (Å²) in [5.41, 5.74) is 0.342. The number of hydrogen-bond acceptors (Lipinski definition) is 7. The van der Waals surface area contributed by atoms with Crippen LogP contribution in [0.3, 0.4) is 0 Å². The Morgan fingerprint density at radius 1 is 1.14 bits per heavy atom. The minimum Gasteiger partial charge on any atom is -0.497 e. The van der Waals surface area contributed by atoms with Gasteiger partial charge < -0.3 is 15.0 Å². The number of carbonyl (C=O) groups is 2. The molecule has 0 bridgehead atoms. The molecule has 0 fully saturated rings. The molecule has 0 saturated carbocycles. The maximum absolute atomic E-state index is 13.5. The van der Waals surface area contributed by atoms with Crippen LogP contribution in [0.2, 0.25) is 0 Å². The predicted octanol–water partition coefficient (Wildman–Crippen LogP) is 2.31. The van der Waals surface area contributed by atoms with Gasteiger partial charge in [0.25, 0.3) is 5.69 Å². The first-order chi connectivity index (χ1) is 16.5. The Bertz CT molecular complexity index is 1170. The van der Waals surface area contributed by atoms with Crippen LogP contribution in [0.25, 0.3) is 0 Å². The van der Waals surface area contributed by atoms with E-state index in [9.17, 15) is 28.1 Å². The molecule has 0 aliphatic carbocycles. The second-order valence-electron chi connectivity index (χ2n) is 7.74. The predicted molar refractivity (Wildman–Crippen MR) is 132 cm³/mol. The molecule has 0 unspecified atom stereocenters. The number of sulfonamides is 1. The van der Waals surface area contributed by atoms with Crippen molar-refractivity contribution in [2.75, 3.05) is 30.8 Å². The average molecular weight is 507 g/mol. The SMILES string of the molecule is CCNC(=O)[C@@H](CC)N(Cc1cccc(OC)c1)C(=O)CN(c1cccc([N+](=O)[O-])c1)S(C)(=O)=O. The number of likely N-dealkylation sites (N-methyl/N-ethyl adjacent to an activating group) is 1. The smallest absolute Gasteiger partial charge is 0.271 e. The molecule has 0 heterocycles. The monoisotopic (exact) mass is 506 g/mol. The Morgan fingerprint density at radius 3 is 2.40 bits per heavy atom. The number of non-ortho nitro benzene ring substituents is 1. The third-order valence-corrected chi connectivity index (χ3v) is 6.37. The molecule has 0 aromatic heterocycles. The van der Waals surface area contributed by atoms with Gasteiger partial charge in [0.1, 0.15) is 18.3 Å². The third kappa shape index (κ3) is 7.41. The topological polar surface area (TPSA) is 139 Å². The number of ether oxygens (including phenoxy) is 1. The number of hydrogen-bond donors (Lipinski definition) is 1. The summed E-state index contributed by atoms with van der Waals surface area (Å²) >= 11 is 0.